The van der Waals surface area contributed by atoms with Crippen LogP contribution in [0.3, 0.4) is 0 Å². The van der Waals surface area contributed by atoms with Gasteiger partial charge in [-0.05, 0) is 90.4 Å². The maximum atomic E-state index is 13.9. The summed E-state index contributed by atoms with van der Waals surface area (Å²) in [6.45, 7) is 5.78. The summed E-state index contributed by atoms with van der Waals surface area (Å²) >= 11 is 2.14. The fourth-order valence-corrected chi connectivity index (χ4v) is 5.83. The maximum absolute atomic E-state index is 13.9. The number of nitrogens with zero attached hydrogens (tertiary/aromatic N) is 2. The number of anilines is 1. The Balaban J connectivity index is 2.05. The molecule has 37 heavy (non-hydrogen) atoms. The fourth-order valence-electron chi connectivity index (χ4n) is 4.04. The van der Waals surface area contributed by atoms with Crippen LogP contribution in [0.25, 0.3) is 0 Å². The predicted molar refractivity (Wildman–Crippen MR) is 155 cm³/mol. The lowest BCUT2D eigenvalue weighted by Gasteiger charge is -2.33. The number of carbonyl (C=O) groups is 2. The zero-order valence-corrected chi connectivity index (χ0v) is 24.2. The molecule has 0 aliphatic carbocycles. The Morgan fingerprint density at radius 3 is 2.14 bits per heavy atom. The maximum Gasteiger partial charge on any atom is 0.264 e. The van der Waals surface area contributed by atoms with Crippen LogP contribution in [0.4, 0.5) is 5.69 Å². The zero-order valence-electron chi connectivity index (χ0n) is 21.2. The molecule has 3 aromatic rings. The van der Waals surface area contributed by atoms with Crippen molar-refractivity contribution in [3.8, 4) is 0 Å². The Kier molecular flexibility index (Phi) is 10.1. The van der Waals surface area contributed by atoms with Crippen molar-refractivity contribution in [2.45, 2.75) is 44.7 Å². The molecule has 1 atom stereocenters. The van der Waals surface area contributed by atoms with Crippen LogP contribution in [0.2, 0.25) is 0 Å². The Hall–Kier alpha value is -2.92. The van der Waals surface area contributed by atoms with Crippen molar-refractivity contribution in [3.63, 3.8) is 0 Å². The monoisotopic (exact) mass is 633 g/mol. The van der Waals surface area contributed by atoms with Gasteiger partial charge in [0.2, 0.25) is 11.8 Å². The molecule has 0 bridgehead atoms. The summed E-state index contributed by atoms with van der Waals surface area (Å²) < 4.78 is 29.5. The van der Waals surface area contributed by atoms with E-state index in [9.17, 15) is 18.0 Å². The summed E-state index contributed by atoms with van der Waals surface area (Å²) in [5.74, 6) is -0.724. The van der Waals surface area contributed by atoms with E-state index in [1.165, 1.54) is 17.0 Å². The minimum Gasteiger partial charge on any atom is -0.355 e. The number of benzene rings is 3. The number of hydrogen-bond donors (Lipinski definition) is 1. The Morgan fingerprint density at radius 2 is 1.54 bits per heavy atom. The summed E-state index contributed by atoms with van der Waals surface area (Å²) in [5, 5.41) is 2.81. The summed E-state index contributed by atoms with van der Waals surface area (Å²) in [7, 11) is -4.06. The van der Waals surface area contributed by atoms with Gasteiger partial charge in [-0.25, -0.2) is 8.42 Å². The molecule has 0 heterocycles. The van der Waals surface area contributed by atoms with E-state index in [2.05, 4.69) is 27.9 Å². The van der Waals surface area contributed by atoms with Crippen molar-refractivity contribution in [1.82, 2.24) is 10.2 Å². The number of sulfonamides is 1. The first kappa shape index (κ1) is 28.6. The highest BCUT2D eigenvalue weighted by atomic mass is 127. The Labute approximate surface area is 233 Å². The molecule has 2 amide bonds. The smallest absolute Gasteiger partial charge is 0.264 e. The van der Waals surface area contributed by atoms with Crippen LogP contribution in [0, 0.1) is 10.5 Å². The molecule has 1 N–H and O–H groups in total. The molecule has 3 aromatic carbocycles. The van der Waals surface area contributed by atoms with E-state index in [1.54, 1.807) is 42.5 Å². The lowest BCUT2D eigenvalue weighted by atomic mass is 10.1. The van der Waals surface area contributed by atoms with Gasteiger partial charge in [-0.15, -0.1) is 0 Å². The zero-order chi connectivity index (χ0) is 27.0. The molecule has 0 aromatic heterocycles. The van der Waals surface area contributed by atoms with Crippen molar-refractivity contribution in [1.29, 1.82) is 0 Å². The Bertz CT molecular complexity index is 1310. The summed E-state index contributed by atoms with van der Waals surface area (Å²) in [6.07, 6.45) is 0.387. The van der Waals surface area contributed by atoms with Gasteiger partial charge in [0.05, 0.1) is 10.6 Å². The van der Waals surface area contributed by atoms with E-state index in [0.717, 1.165) is 19.0 Å². The first-order chi connectivity index (χ1) is 17.7. The average Bonchev–Trinajstić information content (AvgIpc) is 2.89. The number of halogens is 1. The Morgan fingerprint density at radius 1 is 0.919 bits per heavy atom. The van der Waals surface area contributed by atoms with Crippen LogP contribution in [-0.4, -0.2) is 44.3 Å². The molecule has 1 unspecified atom stereocenters. The van der Waals surface area contributed by atoms with Gasteiger partial charge in [0, 0.05) is 16.7 Å². The van der Waals surface area contributed by atoms with Gasteiger partial charge in [0.25, 0.3) is 10.0 Å². The predicted octanol–water partition coefficient (Wildman–Crippen LogP) is 4.74. The van der Waals surface area contributed by atoms with Crippen LogP contribution in [-0.2, 0) is 26.2 Å². The second kappa shape index (κ2) is 13.0. The average molecular weight is 634 g/mol. The molecule has 7 nitrogen and oxygen atoms in total. The third-order valence-corrected chi connectivity index (χ3v) is 8.57. The van der Waals surface area contributed by atoms with Gasteiger partial charge in [0.15, 0.2) is 0 Å². The normalized spacial score (nSPS) is 12.0. The standard InChI is InChI=1S/C28H32IN3O4S/c1-4-26(28(34)30-5-2)31(19-22-12-10-9-11-21(22)3)27(33)20-32(24-17-15-23(29)16-18-24)37(35,36)25-13-7-6-8-14-25/h6-18,26H,4-5,19-20H2,1-3H3,(H,30,34). The number of amides is 2. The molecule has 9 heteroatoms. The van der Waals surface area contributed by atoms with Crippen LogP contribution < -0.4 is 9.62 Å². The van der Waals surface area contributed by atoms with E-state index in [-0.39, 0.29) is 17.3 Å². The molecule has 0 aliphatic rings. The number of hydrogen-bond acceptors (Lipinski definition) is 4. The SMILES string of the molecule is CCNC(=O)C(CC)N(Cc1ccccc1C)C(=O)CN(c1ccc(I)cc1)S(=O)(=O)c1ccccc1. The largest absolute Gasteiger partial charge is 0.355 e. The summed E-state index contributed by atoms with van der Waals surface area (Å²) in [4.78, 5) is 28.5. The van der Waals surface area contributed by atoms with Crippen molar-refractivity contribution in [2.75, 3.05) is 17.4 Å². The van der Waals surface area contributed by atoms with Gasteiger partial charge in [-0.3, -0.25) is 13.9 Å². The van der Waals surface area contributed by atoms with Gasteiger partial charge in [-0.1, -0.05) is 49.4 Å². The highest BCUT2D eigenvalue weighted by molar-refractivity contribution is 14.1. The third kappa shape index (κ3) is 7.10. The molecule has 0 saturated carbocycles. The van der Waals surface area contributed by atoms with Crippen molar-refractivity contribution in [3.05, 3.63) is 93.6 Å². The van der Waals surface area contributed by atoms with Crippen LogP contribution >= 0.6 is 22.6 Å². The fraction of sp³-hybridized carbons (Fsp3) is 0.286. The molecule has 0 spiro atoms. The molecule has 0 radical (unpaired) electrons. The topological polar surface area (TPSA) is 86.8 Å². The second-order valence-electron chi connectivity index (χ2n) is 8.57. The molecular formula is C28H32IN3O4S. The van der Waals surface area contributed by atoms with E-state index in [1.807, 2.05) is 45.0 Å². The highest BCUT2D eigenvalue weighted by Crippen LogP contribution is 2.25. The van der Waals surface area contributed by atoms with Crippen molar-refractivity contribution in [2.24, 2.45) is 0 Å². The first-order valence-corrected chi connectivity index (χ1v) is 14.7. The molecule has 0 saturated heterocycles. The van der Waals surface area contributed by atoms with Gasteiger partial charge in [0.1, 0.15) is 12.6 Å². The lowest BCUT2D eigenvalue weighted by Crippen LogP contribution is -2.52. The van der Waals surface area contributed by atoms with Crippen molar-refractivity contribution >= 4 is 50.1 Å². The highest BCUT2D eigenvalue weighted by Gasteiger charge is 2.33. The summed E-state index contributed by atoms with van der Waals surface area (Å²) in [5.41, 5.74) is 2.25. The van der Waals surface area contributed by atoms with Gasteiger partial charge >= 0.3 is 0 Å². The van der Waals surface area contributed by atoms with Crippen LogP contribution in [0.15, 0.2) is 83.8 Å². The summed E-state index contributed by atoms with van der Waals surface area (Å²) in [6, 6.07) is 21.9. The number of nitrogens with one attached hydrogen (secondary N) is 1. The van der Waals surface area contributed by atoms with Crippen LogP contribution in [0.1, 0.15) is 31.4 Å². The molecule has 3 rings (SSSR count). The number of carbonyl (C=O) groups excluding carboxylic acids is 2. The third-order valence-electron chi connectivity index (χ3n) is 6.06. The van der Waals surface area contributed by atoms with Crippen LogP contribution in [0.5, 0.6) is 0 Å². The van der Waals surface area contributed by atoms with E-state index < -0.39 is 28.5 Å². The quantitative estimate of drug-likeness (QED) is 0.310. The molecule has 0 aliphatic heterocycles. The first-order valence-electron chi connectivity index (χ1n) is 12.1. The van der Waals surface area contributed by atoms with Crippen molar-refractivity contribution < 1.29 is 18.0 Å². The molecule has 196 valence electrons. The van der Waals surface area contributed by atoms with E-state index in [4.69, 9.17) is 0 Å². The van der Waals surface area contributed by atoms with Gasteiger partial charge in [-0.2, -0.15) is 0 Å². The minimum atomic E-state index is -4.06. The molecular weight excluding hydrogens is 601 g/mol. The number of aryl methyl sites for hydroxylation is 1. The van der Waals surface area contributed by atoms with Gasteiger partial charge < -0.3 is 10.2 Å². The second-order valence-corrected chi connectivity index (χ2v) is 11.7. The minimum absolute atomic E-state index is 0.0857. The number of rotatable bonds is 11. The van der Waals surface area contributed by atoms with E-state index >= 15 is 0 Å². The molecule has 0 fully saturated rings. The number of likely N-dealkylation sites (N-methyl/N-ethyl adjacent to an activating group) is 1. The van der Waals surface area contributed by atoms with E-state index in [0.29, 0.717) is 18.7 Å². The lowest BCUT2D eigenvalue weighted by molar-refractivity contribution is -0.140.